The lowest BCUT2D eigenvalue weighted by Crippen LogP contribution is -2.23. The van der Waals surface area contributed by atoms with Gasteiger partial charge in [-0.3, -0.25) is 0 Å². The van der Waals surface area contributed by atoms with Crippen LogP contribution in [0.5, 0.6) is 5.75 Å². The molecule has 0 radical (unpaired) electrons. The molecular weight excluding hydrogens is 290 g/mol. The van der Waals surface area contributed by atoms with E-state index < -0.39 is 0 Å². The highest BCUT2D eigenvalue weighted by molar-refractivity contribution is 9.10. The average molecular weight is 312 g/mol. The third-order valence-corrected chi connectivity index (χ3v) is 3.97. The molecule has 1 fully saturated rings. The number of methoxy groups -OCH3 is 1. The van der Waals surface area contributed by atoms with Crippen LogP contribution in [-0.4, -0.2) is 13.7 Å². The van der Waals surface area contributed by atoms with E-state index in [0.29, 0.717) is 6.04 Å². The van der Waals surface area contributed by atoms with Gasteiger partial charge in [-0.15, -0.1) is 0 Å². The lowest BCUT2D eigenvalue weighted by Gasteiger charge is -2.21. The monoisotopic (exact) mass is 311 g/mol. The van der Waals surface area contributed by atoms with Crippen molar-refractivity contribution < 1.29 is 4.74 Å². The second kappa shape index (κ2) is 6.58. The van der Waals surface area contributed by atoms with E-state index in [9.17, 15) is 0 Å². The topological polar surface area (TPSA) is 21.3 Å². The molecule has 1 atom stereocenters. The van der Waals surface area contributed by atoms with Crippen LogP contribution in [0.3, 0.4) is 0 Å². The third kappa shape index (κ3) is 3.72. The van der Waals surface area contributed by atoms with E-state index >= 15 is 0 Å². The van der Waals surface area contributed by atoms with Gasteiger partial charge in [0.25, 0.3) is 0 Å². The van der Waals surface area contributed by atoms with E-state index in [2.05, 4.69) is 34.2 Å². The molecule has 1 aliphatic rings. The standard InChI is InChI=1S/C15H22BrNO/c1-3-8-17-14(9-11-4-5-11)13-10-12(16)6-7-15(13)18-2/h6-7,10-11,14,17H,3-5,8-9H2,1-2H3. The van der Waals surface area contributed by atoms with Crippen LogP contribution >= 0.6 is 15.9 Å². The third-order valence-electron chi connectivity index (χ3n) is 3.47. The molecule has 1 unspecified atom stereocenters. The molecule has 2 rings (SSSR count). The molecule has 0 saturated heterocycles. The Morgan fingerprint density at radius 3 is 2.83 bits per heavy atom. The van der Waals surface area contributed by atoms with Gasteiger partial charge in [-0.1, -0.05) is 35.7 Å². The molecule has 18 heavy (non-hydrogen) atoms. The molecule has 0 aliphatic heterocycles. The van der Waals surface area contributed by atoms with Gasteiger partial charge in [0.05, 0.1) is 7.11 Å². The minimum atomic E-state index is 0.421. The van der Waals surface area contributed by atoms with Crippen LogP contribution in [0.25, 0.3) is 0 Å². The summed E-state index contributed by atoms with van der Waals surface area (Å²) in [6, 6.07) is 6.70. The molecule has 0 aromatic heterocycles. The summed E-state index contributed by atoms with van der Waals surface area (Å²) in [5, 5.41) is 3.66. The van der Waals surface area contributed by atoms with Crippen molar-refractivity contribution in [3.63, 3.8) is 0 Å². The first kappa shape index (κ1) is 13.9. The summed E-state index contributed by atoms with van der Waals surface area (Å²) in [5.74, 6) is 1.90. The van der Waals surface area contributed by atoms with E-state index in [1.807, 2.05) is 12.1 Å². The number of halogens is 1. The van der Waals surface area contributed by atoms with Crippen LogP contribution in [0.1, 0.15) is 44.2 Å². The number of benzene rings is 1. The van der Waals surface area contributed by atoms with Crippen molar-refractivity contribution in [1.29, 1.82) is 0 Å². The van der Waals surface area contributed by atoms with E-state index in [0.717, 1.165) is 29.1 Å². The molecule has 0 heterocycles. The van der Waals surface area contributed by atoms with Gasteiger partial charge in [-0.25, -0.2) is 0 Å². The van der Waals surface area contributed by atoms with Gasteiger partial charge in [0, 0.05) is 16.1 Å². The molecule has 3 heteroatoms. The number of hydrogen-bond donors (Lipinski definition) is 1. The fourth-order valence-corrected chi connectivity index (χ4v) is 2.68. The van der Waals surface area contributed by atoms with Crippen LogP contribution in [0.4, 0.5) is 0 Å². The van der Waals surface area contributed by atoms with Crippen molar-refractivity contribution in [3.05, 3.63) is 28.2 Å². The highest BCUT2D eigenvalue weighted by Gasteiger charge is 2.27. The molecule has 0 bridgehead atoms. The lowest BCUT2D eigenvalue weighted by molar-refractivity contribution is 0.391. The molecular formula is C15H22BrNO. The summed E-state index contributed by atoms with van der Waals surface area (Å²) in [4.78, 5) is 0. The second-order valence-electron chi connectivity index (χ2n) is 5.07. The van der Waals surface area contributed by atoms with Crippen LogP contribution in [0, 0.1) is 5.92 Å². The molecule has 1 aromatic rings. The predicted octanol–water partition coefficient (Wildman–Crippen LogP) is 4.30. The normalized spacial score (nSPS) is 16.6. The zero-order valence-corrected chi connectivity index (χ0v) is 12.8. The van der Waals surface area contributed by atoms with Crippen LogP contribution in [-0.2, 0) is 0 Å². The molecule has 1 aromatic carbocycles. The van der Waals surface area contributed by atoms with Crippen molar-refractivity contribution in [2.45, 2.75) is 38.6 Å². The minimum absolute atomic E-state index is 0.421. The Hall–Kier alpha value is -0.540. The summed E-state index contributed by atoms with van der Waals surface area (Å²) in [6.45, 7) is 3.27. The second-order valence-corrected chi connectivity index (χ2v) is 5.99. The number of ether oxygens (including phenoxy) is 1. The Balaban J connectivity index is 2.18. The number of hydrogen-bond acceptors (Lipinski definition) is 2. The Morgan fingerprint density at radius 2 is 2.22 bits per heavy atom. The zero-order chi connectivity index (χ0) is 13.0. The van der Waals surface area contributed by atoms with Gasteiger partial charge in [0.1, 0.15) is 5.75 Å². The molecule has 100 valence electrons. The zero-order valence-electron chi connectivity index (χ0n) is 11.2. The van der Waals surface area contributed by atoms with Crippen LogP contribution in [0.15, 0.2) is 22.7 Å². The van der Waals surface area contributed by atoms with Gasteiger partial charge in [0.15, 0.2) is 0 Å². The first-order chi connectivity index (χ1) is 8.74. The molecule has 2 nitrogen and oxygen atoms in total. The minimum Gasteiger partial charge on any atom is -0.496 e. The maximum Gasteiger partial charge on any atom is 0.123 e. The van der Waals surface area contributed by atoms with Gasteiger partial charge >= 0.3 is 0 Å². The Kier molecular flexibility index (Phi) is 5.07. The van der Waals surface area contributed by atoms with E-state index in [4.69, 9.17) is 4.74 Å². The van der Waals surface area contributed by atoms with Gasteiger partial charge in [0.2, 0.25) is 0 Å². The number of rotatable bonds is 7. The smallest absolute Gasteiger partial charge is 0.123 e. The largest absolute Gasteiger partial charge is 0.496 e. The Labute approximate surface area is 118 Å². The Bertz CT molecular complexity index is 390. The average Bonchev–Trinajstić information content (AvgIpc) is 3.18. The summed E-state index contributed by atoms with van der Waals surface area (Å²) in [7, 11) is 1.75. The quantitative estimate of drug-likeness (QED) is 0.810. The maximum absolute atomic E-state index is 5.50. The van der Waals surface area contributed by atoms with Crippen molar-refractivity contribution in [1.82, 2.24) is 5.32 Å². The van der Waals surface area contributed by atoms with E-state index in [1.165, 1.54) is 24.8 Å². The lowest BCUT2D eigenvalue weighted by atomic mass is 10.00. The van der Waals surface area contributed by atoms with E-state index in [-0.39, 0.29) is 0 Å². The Morgan fingerprint density at radius 1 is 1.44 bits per heavy atom. The van der Waals surface area contributed by atoms with Crippen molar-refractivity contribution >= 4 is 15.9 Å². The van der Waals surface area contributed by atoms with Crippen molar-refractivity contribution in [2.75, 3.05) is 13.7 Å². The highest BCUT2D eigenvalue weighted by atomic mass is 79.9. The fraction of sp³-hybridized carbons (Fsp3) is 0.600. The fourth-order valence-electron chi connectivity index (χ4n) is 2.30. The molecule has 1 aliphatic carbocycles. The first-order valence-corrected chi connectivity index (χ1v) is 7.60. The van der Waals surface area contributed by atoms with Gasteiger partial charge in [-0.05, 0) is 43.5 Å². The molecule has 0 spiro atoms. The van der Waals surface area contributed by atoms with Crippen molar-refractivity contribution in [3.8, 4) is 5.75 Å². The van der Waals surface area contributed by atoms with Gasteiger partial charge in [-0.2, -0.15) is 0 Å². The maximum atomic E-state index is 5.50. The van der Waals surface area contributed by atoms with Crippen LogP contribution in [0.2, 0.25) is 0 Å². The summed E-state index contributed by atoms with van der Waals surface area (Å²) in [5.41, 5.74) is 1.28. The number of nitrogens with one attached hydrogen (secondary N) is 1. The van der Waals surface area contributed by atoms with E-state index in [1.54, 1.807) is 7.11 Å². The summed E-state index contributed by atoms with van der Waals surface area (Å²) >= 11 is 3.56. The molecule has 1 saturated carbocycles. The molecule has 1 N–H and O–H groups in total. The summed E-state index contributed by atoms with van der Waals surface area (Å²) in [6.07, 6.45) is 5.17. The van der Waals surface area contributed by atoms with Crippen LogP contribution < -0.4 is 10.1 Å². The van der Waals surface area contributed by atoms with Crippen molar-refractivity contribution in [2.24, 2.45) is 5.92 Å². The summed E-state index contributed by atoms with van der Waals surface area (Å²) < 4.78 is 6.63. The predicted molar refractivity (Wildman–Crippen MR) is 79.1 cm³/mol. The molecule has 0 amide bonds. The van der Waals surface area contributed by atoms with Gasteiger partial charge < -0.3 is 10.1 Å². The highest BCUT2D eigenvalue weighted by Crippen LogP contribution is 2.40. The SMILES string of the molecule is CCCNC(CC1CC1)c1cc(Br)ccc1OC. The first-order valence-electron chi connectivity index (χ1n) is 6.81.